The SMILES string of the molecule is CCNC(c1cccc(Cl)c1Cl)C(C)(C)N(C)C. The minimum absolute atomic E-state index is 0.0651. The van der Waals surface area contributed by atoms with Crippen LogP contribution in [-0.2, 0) is 0 Å². The van der Waals surface area contributed by atoms with Gasteiger partial charge in [-0.2, -0.15) is 0 Å². The highest BCUT2D eigenvalue weighted by Crippen LogP contribution is 2.36. The summed E-state index contributed by atoms with van der Waals surface area (Å²) in [6, 6.07) is 5.93. The van der Waals surface area contributed by atoms with Crippen LogP contribution in [0.15, 0.2) is 18.2 Å². The fraction of sp³-hybridized carbons (Fsp3) is 0.571. The lowest BCUT2D eigenvalue weighted by Crippen LogP contribution is -2.49. The number of benzene rings is 1. The Balaban J connectivity index is 3.24. The van der Waals surface area contributed by atoms with Gasteiger partial charge in [-0.05, 0) is 46.1 Å². The molecule has 0 aromatic heterocycles. The lowest BCUT2D eigenvalue weighted by molar-refractivity contribution is 0.139. The van der Waals surface area contributed by atoms with E-state index in [0.29, 0.717) is 10.0 Å². The molecular formula is C14H22Cl2N2. The van der Waals surface area contributed by atoms with Crippen molar-refractivity contribution in [2.45, 2.75) is 32.4 Å². The van der Waals surface area contributed by atoms with Crippen LogP contribution < -0.4 is 5.32 Å². The molecule has 0 radical (unpaired) electrons. The van der Waals surface area contributed by atoms with Crippen LogP contribution in [0.2, 0.25) is 10.0 Å². The van der Waals surface area contributed by atoms with Crippen LogP contribution in [0.1, 0.15) is 32.4 Å². The molecule has 0 spiro atoms. The Morgan fingerprint density at radius 2 is 1.89 bits per heavy atom. The molecule has 0 aliphatic carbocycles. The maximum absolute atomic E-state index is 6.34. The van der Waals surface area contributed by atoms with Gasteiger partial charge in [0.15, 0.2) is 0 Å². The lowest BCUT2D eigenvalue weighted by atomic mass is 9.87. The van der Waals surface area contributed by atoms with Crippen molar-refractivity contribution in [2.75, 3.05) is 20.6 Å². The zero-order valence-corrected chi connectivity index (χ0v) is 13.2. The number of rotatable bonds is 5. The summed E-state index contributed by atoms with van der Waals surface area (Å²) >= 11 is 12.5. The summed E-state index contributed by atoms with van der Waals surface area (Å²) in [4.78, 5) is 2.19. The van der Waals surface area contributed by atoms with Gasteiger partial charge in [0.25, 0.3) is 0 Å². The number of nitrogens with zero attached hydrogens (tertiary/aromatic N) is 1. The number of nitrogens with one attached hydrogen (secondary N) is 1. The van der Waals surface area contributed by atoms with E-state index in [-0.39, 0.29) is 11.6 Å². The zero-order valence-electron chi connectivity index (χ0n) is 11.7. The molecule has 1 N–H and O–H groups in total. The Hall–Kier alpha value is -0.280. The van der Waals surface area contributed by atoms with Gasteiger partial charge in [0.2, 0.25) is 0 Å². The Bertz CT molecular complexity index is 403. The molecule has 0 saturated heterocycles. The Kier molecular flexibility index (Phi) is 5.47. The van der Waals surface area contributed by atoms with Crippen molar-refractivity contribution >= 4 is 23.2 Å². The van der Waals surface area contributed by atoms with Gasteiger partial charge in [-0.15, -0.1) is 0 Å². The first-order valence-electron chi connectivity index (χ1n) is 6.17. The molecule has 1 unspecified atom stereocenters. The van der Waals surface area contributed by atoms with Crippen LogP contribution in [0.25, 0.3) is 0 Å². The van der Waals surface area contributed by atoms with Crippen LogP contribution in [0.4, 0.5) is 0 Å². The number of likely N-dealkylation sites (N-methyl/N-ethyl adjacent to an activating group) is 2. The van der Waals surface area contributed by atoms with Crippen LogP contribution >= 0.6 is 23.2 Å². The van der Waals surface area contributed by atoms with Gasteiger partial charge in [-0.25, -0.2) is 0 Å². The Morgan fingerprint density at radius 3 is 2.39 bits per heavy atom. The summed E-state index contributed by atoms with van der Waals surface area (Å²) in [5.74, 6) is 0. The van der Waals surface area contributed by atoms with E-state index in [1.165, 1.54) is 0 Å². The predicted octanol–water partition coefficient (Wildman–Crippen LogP) is 3.98. The summed E-state index contributed by atoms with van der Waals surface area (Å²) in [7, 11) is 4.14. The van der Waals surface area contributed by atoms with E-state index in [1.807, 2.05) is 18.2 Å². The van der Waals surface area contributed by atoms with E-state index in [1.54, 1.807) is 0 Å². The highest BCUT2D eigenvalue weighted by molar-refractivity contribution is 6.42. The maximum atomic E-state index is 6.34. The molecule has 0 aliphatic rings. The first kappa shape index (κ1) is 15.8. The van der Waals surface area contributed by atoms with E-state index in [9.17, 15) is 0 Å². The summed E-state index contributed by atoms with van der Waals surface area (Å²) in [5.41, 5.74) is 0.981. The van der Waals surface area contributed by atoms with Gasteiger partial charge in [0.1, 0.15) is 0 Å². The van der Waals surface area contributed by atoms with Crippen molar-refractivity contribution in [3.8, 4) is 0 Å². The topological polar surface area (TPSA) is 15.3 Å². The van der Waals surface area contributed by atoms with E-state index >= 15 is 0 Å². The Morgan fingerprint density at radius 1 is 1.28 bits per heavy atom. The minimum atomic E-state index is -0.0651. The molecule has 1 aromatic rings. The molecule has 102 valence electrons. The van der Waals surface area contributed by atoms with Gasteiger partial charge in [0, 0.05) is 5.54 Å². The first-order valence-corrected chi connectivity index (χ1v) is 6.92. The van der Waals surface area contributed by atoms with Gasteiger partial charge >= 0.3 is 0 Å². The van der Waals surface area contributed by atoms with Crippen LogP contribution in [0.3, 0.4) is 0 Å². The van der Waals surface area contributed by atoms with Gasteiger partial charge in [-0.1, -0.05) is 42.3 Å². The van der Waals surface area contributed by atoms with E-state index in [0.717, 1.165) is 12.1 Å². The quantitative estimate of drug-likeness (QED) is 0.882. The average Bonchev–Trinajstić information content (AvgIpc) is 2.30. The highest BCUT2D eigenvalue weighted by atomic mass is 35.5. The monoisotopic (exact) mass is 288 g/mol. The minimum Gasteiger partial charge on any atom is -0.309 e. The van der Waals surface area contributed by atoms with Gasteiger partial charge in [0.05, 0.1) is 16.1 Å². The fourth-order valence-corrected chi connectivity index (χ4v) is 2.36. The molecule has 1 atom stereocenters. The normalized spacial score (nSPS) is 14.0. The molecular weight excluding hydrogens is 267 g/mol. The van der Waals surface area contributed by atoms with E-state index < -0.39 is 0 Å². The van der Waals surface area contributed by atoms with E-state index in [4.69, 9.17) is 23.2 Å². The third-order valence-corrected chi connectivity index (χ3v) is 4.39. The number of hydrogen-bond acceptors (Lipinski definition) is 2. The summed E-state index contributed by atoms with van der Waals surface area (Å²) in [5, 5.41) is 4.75. The summed E-state index contributed by atoms with van der Waals surface area (Å²) < 4.78 is 0. The maximum Gasteiger partial charge on any atom is 0.0640 e. The molecule has 1 rings (SSSR count). The molecule has 1 aromatic carbocycles. The molecule has 0 aliphatic heterocycles. The smallest absolute Gasteiger partial charge is 0.0640 e. The molecule has 2 nitrogen and oxygen atoms in total. The van der Waals surface area contributed by atoms with Crippen LogP contribution in [0, 0.1) is 0 Å². The lowest BCUT2D eigenvalue weighted by Gasteiger charge is -2.41. The number of halogens is 2. The third kappa shape index (κ3) is 3.18. The second kappa shape index (κ2) is 6.25. The largest absolute Gasteiger partial charge is 0.309 e. The predicted molar refractivity (Wildman–Crippen MR) is 80.6 cm³/mol. The average molecular weight is 289 g/mol. The Labute approximate surface area is 120 Å². The van der Waals surface area contributed by atoms with Crippen LogP contribution in [-0.4, -0.2) is 31.1 Å². The standard InChI is InChI=1S/C14H22Cl2N2/c1-6-17-13(14(2,3)18(4)5)10-8-7-9-11(15)12(10)16/h7-9,13,17H,6H2,1-5H3. The highest BCUT2D eigenvalue weighted by Gasteiger charge is 2.33. The van der Waals surface area contributed by atoms with Crippen molar-refractivity contribution in [1.29, 1.82) is 0 Å². The van der Waals surface area contributed by atoms with Crippen LogP contribution in [0.5, 0.6) is 0 Å². The second-order valence-electron chi connectivity index (χ2n) is 5.18. The third-order valence-electron chi connectivity index (χ3n) is 3.56. The van der Waals surface area contributed by atoms with Crippen molar-refractivity contribution in [2.24, 2.45) is 0 Å². The molecule has 0 bridgehead atoms. The van der Waals surface area contributed by atoms with E-state index in [2.05, 4.69) is 45.1 Å². The number of hydrogen-bond donors (Lipinski definition) is 1. The van der Waals surface area contributed by atoms with Crippen molar-refractivity contribution in [3.05, 3.63) is 33.8 Å². The van der Waals surface area contributed by atoms with Crippen molar-refractivity contribution < 1.29 is 0 Å². The molecule has 0 saturated carbocycles. The molecule has 4 heteroatoms. The molecule has 0 heterocycles. The molecule has 0 amide bonds. The summed E-state index contributed by atoms with van der Waals surface area (Å²) in [6.45, 7) is 7.36. The second-order valence-corrected chi connectivity index (χ2v) is 5.97. The molecule has 18 heavy (non-hydrogen) atoms. The van der Waals surface area contributed by atoms with Gasteiger partial charge < -0.3 is 10.2 Å². The summed E-state index contributed by atoms with van der Waals surface area (Å²) in [6.07, 6.45) is 0. The fourth-order valence-electron chi connectivity index (χ4n) is 1.95. The first-order chi connectivity index (χ1) is 8.32. The van der Waals surface area contributed by atoms with Gasteiger partial charge in [-0.3, -0.25) is 0 Å². The zero-order chi connectivity index (χ0) is 13.9. The van der Waals surface area contributed by atoms with Crippen molar-refractivity contribution in [1.82, 2.24) is 10.2 Å². The van der Waals surface area contributed by atoms with Crippen molar-refractivity contribution in [3.63, 3.8) is 0 Å². The molecule has 0 fully saturated rings.